The van der Waals surface area contributed by atoms with Gasteiger partial charge in [0.2, 0.25) is 0 Å². The molecular formula is C22H26OS. The summed E-state index contributed by atoms with van der Waals surface area (Å²) in [6.45, 7) is 6.27. The first kappa shape index (κ1) is 18.4. The van der Waals surface area contributed by atoms with Crippen molar-refractivity contribution in [1.29, 1.82) is 0 Å². The summed E-state index contributed by atoms with van der Waals surface area (Å²) in [4.78, 5) is 14.7. The van der Waals surface area contributed by atoms with Crippen molar-refractivity contribution in [2.75, 3.05) is 0 Å². The van der Waals surface area contributed by atoms with Crippen LogP contribution in [0.15, 0.2) is 54.1 Å². The lowest BCUT2D eigenvalue weighted by Gasteiger charge is -2.03. The minimum absolute atomic E-state index is 0.103. The van der Waals surface area contributed by atoms with Crippen LogP contribution in [-0.4, -0.2) is 5.78 Å². The van der Waals surface area contributed by atoms with Gasteiger partial charge in [-0.15, -0.1) is 11.3 Å². The van der Waals surface area contributed by atoms with Crippen molar-refractivity contribution < 1.29 is 4.79 Å². The van der Waals surface area contributed by atoms with E-state index in [9.17, 15) is 4.79 Å². The summed E-state index contributed by atoms with van der Waals surface area (Å²) in [5.74, 6) is 0.103. The molecule has 0 aliphatic carbocycles. The topological polar surface area (TPSA) is 17.1 Å². The molecule has 1 aromatic carbocycles. The zero-order valence-corrected chi connectivity index (χ0v) is 15.7. The number of hydrogen-bond donors (Lipinski definition) is 0. The lowest BCUT2D eigenvalue weighted by molar-refractivity contribution is 0.104. The number of benzene rings is 1. The van der Waals surface area contributed by atoms with Crippen molar-refractivity contribution in [3.63, 3.8) is 0 Å². The zero-order chi connectivity index (χ0) is 17.4. The highest BCUT2D eigenvalue weighted by atomic mass is 32.1. The van der Waals surface area contributed by atoms with Gasteiger partial charge in [0.05, 0.1) is 0 Å². The first-order chi connectivity index (χ1) is 11.6. The number of carbonyl (C=O) groups is 1. The molecule has 0 radical (unpaired) electrons. The Morgan fingerprint density at radius 1 is 1.08 bits per heavy atom. The molecule has 126 valence electrons. The minimum Gasteiger partial charge on any atom is -0.289 e. The van der Waals surface area contributed by atoms with E-state index >= 15 is 0 Å². The largest absolute Gasteiger partial charge is 0.289 e. The summed E-state index contributed by atoms with van der Waals surface area (Å²) in [6.07, 6.45) is 10.5. The lowest BCUT2D eigenvalue weighted by atomic mass is 10.0. The summed E-state index contributed by atoms with van der Waals surface area (Å²) in [7, 11) is 0. The first-order valence-corrected chi connectivity index (χ1v) is 9.47. The van der Waals surface area contributed by atoms with Crippen LogP contribution in [0.4, 0.5) is 0 Å². The van der Waals surface area contributed by atoms with Crippen LogP contribution in [0.1, 0.15) is 58.3 Å². The van der Waals surface area contributed by atoms with Crippen molar-refractivity contribution in [2.24, 2.45) is 0 Å². The van der Waals surface area contributed by atoms with Gasteiger partial charge in [0.1, 0.15) is 0 Å². The molecule has 24 heavy (non-hydrogen) atoms. The van der Waals surface area contributed by atoms with Crippen LogP contribution >= 0.6 is 11.3 Å². The molecule has 0 unspecified atom stereocenters. The third-order valence-corrected chi connectivity index (χ3v) is 4.94. The van der Waals surface area contributed by atoms with E-state index in [2.05, 4.69) is 25.1 Å². The highest BCUT2D eigenvalue weighted by Gasteiger charge is 2.09. The molecule has 0 saturated heterocycles. The van der Waals surface area contributed by atoms with Crippen LogP contribution in [0.3, 0.4) is 0 Å². The van der Waals surface area contributed by atoms with Gasteiger partial charge in [0.25, 0.3) is 0 Å². The zero-order valence-electron chi connectivity index (χ0n) is 14.8. The average Bonchev–Trinajstić information content (AvgIpc) is 2.92. The van der Waals surface area contributed by atoms with E-state index in [1.54, 1.807) is 17.4 Å². The fourth-order valence-electron chi connectivity index (χ4n) is 2.69. The fraction of sp³-hybridized carbons (Fsp3) is 0.318. The average molecular weight is 339 g/mol. The maximum absolute atomic E-state index is 12.5. The maximum atomic E-state index is 12.5. The SMILES string of the molecule is CCCCCC(=C/c1ccccc1)/C=C/C(=O)c1cc(C)sc1C. The number of hydrogen-bond acceptors (Lipinski definition) is 2. The second-order valence-electron chi connectivity index (χ2n) is 6.11. The summed E-state index contributed by atoms with van der Waals surface area (Å²) < 4.78 is 0. The minimum atomic E-state index is 0.103. The van der Waals surface area contributed by atoms with Gasteiger partial charge in [0.15, 0.2) is 5.78 Å². The Morgan fingerprint density at radius 2 is 1.83 bits per heavy atom. The molecule has 0 amide bonds. The summed E-state index contributed by atoms with van der Waals surface area (Å²) in [5, 5.41) is 0. The van der Waals surface area contributed by atoms with E-state index in [1.807, 2.05) is 44.2 Å². The molecule has 2 rings (SSSR count). The molecule has 2 aromatic rings. The summed E-state index contributed by atoms with van der Waals surface area (Å²) in [5.41, 5.74) is 3.23. The van der Waals surface area contributed by atoms with Gasteiger partial charge < -0.3 is 0 Å². The number of carbonyl (C=O) groups excluding carboxylic acids is 1. The molecule has 0 fully saturated rings. The van der Waals surface area contributed by atoms with Crippen LogP contribution in [-0.2, 0) is 0 Å². The quantitative estimate of drug-likeness (QED) is 0.225. The molecule has 1 heterocycles. The van der Waals surface area contributed by atoms with Crippen LogP contribution in [0.25, 0.3) is 6.08 Å². The van der Waals surface area contributed by atoms with Crippen molar-refractivity contribution in [1.82, 2.24) is 0 Å². The molecule has 0 saturated carbocycles. The van der Waals surface area contributed by atoms with Gasteiger partial charge >= 0.3 is 0 Å². The number of allylic oxidation sites excluding steroid dienone is 3. The monoisotopic (exact) mass is 338 g/mol. The van der Waals surface area contributed by atoms with Gasteiger partial charge in [0, 0.05) is 15.3 Å². The highest BCUT2D eigenvalue weighted by Crippen LogP contribution is 2.22. The van der Waals surface area contributed by atoms with Crippen LogP contribution < -0.4 is 0 Å². The first-order valence-electron chi connectivity index (χ1n) is 8.65. The molecule has 0 N–H and O–H groups in total. The van der Waals surface area contributed by atoms with E-state index in [0.29, 0.717) is 0 Å². The fourth-order valence-corrected chi connectivity index (χ4v) is 3.62. The van der Waals surface area contributed by atoms with Crippen molar-refractivity contribution in [2.45, 2.75) is 46.5 Å². The Kier molecular flexibility index (Phi) is 7.20. The van der Waals surface area contributed by atoms with E-state index in [-0.39, 0.29) is 5.78 Å². The van der Waals surface area contributed by atoms with Gasteiger partial charge in [-0.3, -0.25) is 4.79 Å². The Balaban J connectivity index is 2.16. The molecule has 0 atom stereocenters. The van der Waals surface area contributed by atoms with Crippen molar-refractivity contribution >= 4 is 23.2 Å². The number of thiophene rings is 1. The normalized spacial score (nSPS) is 12.0. The molecule has 1 nitrogen and oxygen atoms in total. The number of ketones is 1. The van der Waals surface area contributed by atoms with Crippen LogP contribution in [0.5, 0.6) is 0 Å². The Bertz CT molecular complexity index is 720. The molecule has 0 aliphatic heterocycles. The number of rotatable bonds is 8. The lowest BCUT2D eigenvalue weighted by Crippen LogP contribution is -1.94. The standard InChI is InChI=1S/C22H26OS/c1-4-5-7-10-20(16-19-11-8-6-9-12-19)13-14-22(23)21-15-17(2)24-18(21)3/h6,8-9,11-16H,4-5,7,10H2,1-3H3/b14-13+,20-16-. The van der Waals surface area contributed by atoms with E-state index in [0.717, 1.165) is 23.3 Å². The predicted octanol–water partition coefficient (Wildman–Crippen LogP) is 6.77. The van der Waals surface area contributed by atoms with Crippen molar-refractivity contribution in [3.8, 4) is 0 Å². The molecule has 1 aromatic heterocycles. The molecule has 2 heteroatoms. The Morgan fingerprint density at radius 3 is 2.46 bits per heavy atom. The Hall–Kier alpha value is -1.93. The summed E-state index contributed by atoms with van der Waals surface area (Å²) in [6, 6.07) is 12.3. The molecular weight excluding hydrogens is 312 g/mol. The van der Waals surface area contributed by atoms with Gasteiger partial charge in [-0.1, -0.05) is 62.2 Å². The van der Waals surface area contributed by atoms with Gasteiger partial charge in [-0.2, -0.15) is 0 Å². The van der Waals surface area contributed by atoms with E-state index in [4.69, 9.17) is 0 Å². The van der Waals surface area contributed by atoms with E-state index < -0.39 is 0 Å². The highest BCUT2D eigenvalue weighted by molar-refractivity contribution is 7.12. The van der Waals surface area contributed by atoms with E-state index in [1.165, 1.54) is 28.9 Å². The van der Waals surface area contributed by atoms with Gasteiger partial charge in [-0.05, 0) is 50.0 Å². The summed E-state index contributed by atoms with van der Waals surface area (Å²) >= 11 is 1.68. The smallest absolute Gasteiger partial charge is 0.186 e. The second-order valence-corrected chi connectivity index (χ2v) is 7.57. The van der Waals surface area contributed by atoms with Crippen molar-refractivity contribution in [3.05, 3.63) is 75.0 Å². The molecule has 0 bridgehead atoms. The third kappa shape index (κ3) is 5.61. The third-order valence-electron chi connectivity index (χ3n) is 3.98. The number of unbranched alkanes of at least 4 members (excludes halogenated alkanes) is 2. The molecule has 0 spiro atoms. The van der Waals surface area contributed by atoms with Crippen LogP contribution in [0, 0.1) is 13.8 Å². The van der Waals surface area contributed by atoms with Crippen LogP contribution in [0.2, 0.25) is 0 Å². The Labute approximate surface area is 149 Å². The maximum Gasteiger partial charge on any atom is 0.186 e. The number of aryl methyl sites for hydroxylation is 2. The predicted molar refractivity (Wildman–Crippen MR) is 106 cm³/mol. The second kappa shape index (κ2) is 9.39. The molecule has 0 aliphatic rings. The van der Waals surface area contributed by atoms with Gasteiger partial charge in [-0.25, -0.2) is 0 Å².